The SMILES string of the molecule is O=S(=O)(OS(c1ccccc1)(c1ccccc1)c1ccc(-c2ccc(-c3cccs3)cc2)s1)C(F)(F)F. The second kappa shape index (κ2) is 10.1. The van der Waals surface area contributed by atoms with Gasteiger partial charge in [-0.05, 0) is 69.3 Å². The molecule has 5 aromatic rings. The summed E-state index contributed by atoms with van der Waals surface area (Å²) in [5.74, 6) is 0. The third-order valence-corrected chi connectivity index (χ3v) is 12.9. The first-order valence-electron chi connectivity index (χ1n) is 10.9. The van der Waals surface area contributed by atoms with Crippen LogP contribution in [-0.2, 0) is 13.7 Å². The fourth-order valence-electron chi connectivity index (χ4n) is 3.75. The lowest BCUT2D eigenvalue weighted by Crippen LogP contribution is -2.27. The van der Waals surface area contributed by atoms with E-state index in [4.69, 9.17) is 3.63 Å². The monoisotopic (exact) mass is 576 g/mol. The highest BCUT2D eigenvalue weighted by molar-refractivity contribution is 8.34. The maximum atomic E-state index is 13.6. The third kappa shape index (κ3) is 4.99. The van der Waals surface area contributed by atoms with Gasteiger partial charge in [0.15, 0.2) is 0 Å². The molecule has 0 fully saturated rings. The van der Waals surface area contributed by atoms with E-state index >= 15 is 0 Å². The van der Waals surface area contributed by atoms with Crippen molar-refractivity contribution >= 4 is 43.1 Å². The molecule has 0 N–H and O–H groups in total. The number of hydrogen-bond donors (Lipinski definition) is 0. The van der Waals surface area contributed by atoms with E-state index in [-0.39, 0.29) is 0 Å². The van der Waals surface area contributed by atoms with E-state index in [2.05, 4.69) is 0 Å². The molecular formula is C27H19F3O3S4. The Kier molecular flexibility index (Phi) is 7.03. The molecule has 0 amide bonds. The van der Waals surface area contributed by atoms with Crippen molar-refractivity contribution < 1.29 is 25.2 Å². The molecule has 2 aromatic heterocycles. The first-order valence-corrected chi connectivity index (χ1v) is 15.6. The van der Waals surface area contributed by atoms with E-state index in [9.17, 15) is 21.6 Å². The minimum absolute atomic E-state index is 0.343. The van der Waals surface area contributed by atoms with Crippen molar-refractivity contribution in [1.82, 2.24) is 0 Å². The van der Waals surface area contributed by atoms with Gasteiger partial charge in [-0.25, -0.2) is 0 Å². The highest BCUT2D eigenvalue weighted by Crippen LogP contribution is 2.72. The first kappa shape index (κ1) is 25.7. The zero-order valence-corrected chi connectivity index (χ0v) is 22.2. The summed E-state index contributed by atoms with van der Waals surface area (Å²) >= 11 is 2.85. The summed E-state index contributed by atoms with van der Waals surface area (Å²) in [5.41, 5.74) is -3.65. The molecule has 0 aliphatic carbocycles. The van der Waals surface area contributed by atoms with Crippen molar-refractivity contribution in [1.29, 1.82) is 0 Å². The lowest BCUT2D eigenvalue weighted by molar-refractivity contribution is -0.0496. The predicted octanol–water partition coefficient (Wildman–Crippen LogP) is 9.21. The van der Waals surface area contributed by atoms with Crippen molar-refractivity contribution in [2.75, 3.05) is 0 Å². The zero-order chi connectivity index (χ0) is 26.1. The van der Waals surface area contributed by atoms with Crippen LogP contribution in [0.5, 0.6) is 0 Å². The number of thiophene rings is 2. The van der Waals surface area contributed by atoms with Crippen LogP contribution >= 0.6 is 33.0 Å². The Labute approximate surface area is 222 Å². The Morgan fingerprint density at radius 3 is 1.65 bits per heavy atom. The molecule has 0 saturated carbocycles. The van der Waals surface area contributed by atoms with Crippen LogP contribution in [-0.4, -0.2) is 13.9 Å². The molecule has 0 bridgehead atoms. The van der Waals surface area contributed by atoms with Crippen LogP contribution < -0.4 is 0 Å². The van der Waals surface area contributed by atoms with Crippen LogP contribution in [0.15, 0.2) is 129 Å². The molecule has 37 heavy (non-hydrogen) atoms. The van der Waals surface area contributed by atoms with Gasteiger partial charge in [-0.15, -0.1) is 22.7 Å². The Bertz CT molecular complexity index is 1540. The van der Waals surface area contributed by atoms with Gasteiger partial charge in [-0.3, -0.25) is 0 Å². The molecule has 0 saturated heterocycles. The van der Waals surface area contributed by atoms with Crippen LogP contribution in [0.2, 0.25) is 0 Å². The topological polar surface area (TPSA) is 43.4 Å². The molecule has 3 nitrogen and oxygen atoms in total. The molecule has 5 rings (SSSR count). The molecule has 3 aromatic carbocycles. The molecule has 10 heteroatoms. The largest absolute Gasteiger partial charge is 0.524 e. The van der Waals surface area contributed by atoms with Gasteiger partial charge in [0.2, 0.25) is 0 Å². The fourth-order valence-corrected chi connectivity index (χ4v) is 11.1. The van der Waals surface area contributed by atoms with E-state index < -0.39 is 25.9 Å². The maximum Gasteiger partial charge on any atom is 0.524 e. The second-order valence-corrected chi connectivity index (χ2v) is 14.5. The number of hydrogen-bond acceptors (Lipinski definition) is 5. The smallest absolute Gasteiger partial charge is 0.199 e. The van der Waals surface area contributed by atoms with Gasteiger partial charge in [0.05, 0.1) is 4.21 Å². The van der Waals surface area contributed by atoms with Crippen molar-refractivity contribution in [2.24, 2.45) is 0 Å². The average molecular weight is 577 g/mol. The van der Waals surface area contributed by atoms with Crippen LogP contribution in [0.3, 0.4) is 0 Å². The summed E-state index contributed by atoms with van der Waals surface area (Å²) in [6, 6.07) is 31.8. The summed E-state index contributed by atoms with van der Waals surface area (Å²) in [6.45, 7) is 0. The highest BCUT2D eigenvalue weighted by Gasteiger charge is 2.52. The minimum Gasteiger partial charge on any atom is -0.199 e. The molecule has 190 valence electrons. The zero-order valence-electron chi connectivity index (χ0n) is 19.0. The molecule has 0 aliphatic rings. The normalized spacial score (nSPS) is 12.9. The second-order valence-electron chi connectivity index (χ2n) is 7.82. The first-order chi connectivity index (χ1) is 17.7. The summed E-state index contributed by atoms with van der Waals surface area (Å²) < 4.78 is 71.6. The molecule has 2 heterocycles. The highest BCUT2D eigenvalue weighted by atomic mass is 32.3. The van der Waals surface area contributed by atoms with E-state index in [1.807, 2.05) is 41.8 Å². The van der Waals surface area contributed by atoms with Crippen LogP contribution in [0.4, 0.5) is 13.2 Å². The number of halogens is 3. The number of alkyl halides is 3. The molecule has 0 atom stereocenters. The van der Waals surface area contributed by atoms with Crippen LogP contribution in [0.1, 0.15) is 0 Å². The quantitative estimate of drug-likeness (QED) is 0.181. The lowest BCUT2D eigenvalue weighted by Gasteiger charge is -2.38. The molecule has 0 unspecified atom stereocenters. The predicted molar refractivity (Wildman–Crippen MR) is 144 cm³/mol. The Morgan fingerprint density at radius 1 is 0.622 bits per heavy atom. The summed E-state index contributed by atoms with van der Waals surface area (Å²) in [6.07, 6.45) is 0. The molecule has 0 radical (unpaired) electrons. The van der Waals surface area contributed by atoms with Crippen molar-refractivity contribution in [3.63, 3.8) is 0 Å². The van der Waals surface area contributed by atoms with Crippen LogP contribution in [0, 0.1) is 0 Å². The number of rotatable bonds is 7. The third-order valence-electron chi connectivity index (χ3n) is 5.47. The lowest BCUT2D eigenvalue weighted by atomic mass is 10.1. The van der Waals surface area contributed by atoms with Crippen molar-refractivity contribution in [3.05, 3.63) is 115 Å². The summed E-state index contributed by atoms with van der Waals surface area (Å²) in [4.78, 5) is 2.59. The minimum atomic E-state index is -5.94. The van der Waals surface area contributed by atoms with E-state index in [1.54, 1.807) is 84.1 Å². The van der Waals surface area contributed by atoms with Gasteiger partial charge < -0.3 is 0 Å². The van der Waals surface area contributed by atoms with Crippen molar-refractivity contribution in [2.45, 2.75) is 19.5 Å². The molecule has 0 spiro atoms. The summed E-state index contributed by atoms with van der Waals surface area (Å²) in [7, 11) is -9.23. The Balaban J connectivity index is 1.67. The Morgan fingerprint density at radius 2 is 1.16 bits per heavy atom. The van der Waals surface area contributed by atoms with Gasteiger partial charge in [-0.2, -0.15) is 25.2 Å². The van der Waals surface area contributed by atoms with E-state index in [0.29, 0.717) is 14.0 Å². The number of benzene rings is 3. The van der Waals surface area contributed by atoms with Gasteiger partial charge in [0.25, 0.3) is 0 Å². The van der Waals surface area contributed by atoms with Crippen molar-refractivity contribution in [3.8, 4) is 20.9 Å². The van der Waals surface area contributed by atoms with Gasteiger partial charge in [0, 0.05) is 19.5 Å². The van der Waals surface area contributed by atoms with E-state index in [0.717, 1.165) is 20.9 Å². The maximum absolute atomic E-state index is 13.6. The molecule has 0 aliphatic heterocycles. The average Bonchev–Trinajstić information content (AvgIpc) is 3.61. The van der Waals surface area contributed by atoms with Gasteiger partial charge in [0.1, 0.15) is 0 Å². The summed E-state index contributed by atoms with van der Waals surface area (Å²) in [5, 5.41) is 2.00. The fraction of sp³-hybridized carbons (Fsp3) is 0.0370. The van der Waals surface area contributed by atoms with E-state index in [1.165, 1.54) is 11.3 Å². The van der Waals surface area contributed by atoms with Gasteiger partial charge >= 0.3 is 15.6 Å². The molecular weight excluding hydrogens is 558 g/mol. The standard InChI is InChI=1S/C27H19F3O3S4/c28-27(29,30)37(31,32)33-36(22-8-3-1-4-9-22,23-10-5-2-6-11-23)26-18-17-25(35-26)21-15-13-20(14-16-21)24-12-7-19-34-24/h1-19H. The Hall–Kier alpha value is -2.89. The van der Waals surface area contributed by atoms with Gasteiger partial charge in [-0.1, -0.05) is 66.7 Å². The van der Waals surface area contributed by atoms with Crippen LogP contribution in [0.25, 0.3) is 20.9 Å².